The Labute approximate surface area is 152 Å². The average Bonchev–Trinajstić information content (AvgIpc) is 2.61. The number of nitrogens with one attached hydrogen (secondary N) is 1. The van der Waals surface area contributed by atoms with Gasteiger partial charge in [0.1, 0.15) is 0 Å². The summed E-state index contributed by atoms with van der Waals surface area (Å²) < 4.78 is 27.5. The summed E-state index contributed by atoms with van der Waals surface area (Å²) >= 11 is 0. The van der Waals surface area contributed by atoms with Gasteiger partial charge in [-0.1, -0.05) is 18.2 Å². The van der Waals surface area contributed by atoms with Gasteiger partial charge in [-0.25, -0.2) is 18.4 Å². The van der Waals surface area contributed by atoms with E-state index in [9.17, 15) is 18.0 Å². The van der Waals surface area contributed by atoms with Crippen molar-refractivity contribution in [1.82, 2.24) is 5.32 Å². The molecule has 3 N–H and O–H groups in total. The summed E-state index contributed by atoms with van der Waals surface area (Å²) in [5.74, 6) is -0.783. The summed E-state index contributed by atoms with van der Waals surface area (Å²) in [7, 11) is -2.55. The average molecular weight is 376 g/mol. The van der Waals surface area contributed by atoms with E-state index in [1.54, 1.807) is 37.3 Å². The fraction of sp³-hybridized carbons (Fsp3) is 0.222. The molecule has 2 aromatic rings. The topological polar surface area (TPSA) is 116 Å². The quantitative estimate of drug-likeness (QED) is 0.740. The predicted molar refractivity (Wildman–Crippen MR) is 96.4 cm³/mol. The first kappa shape index (κ1) is 19.6. The van der Waals surface area contributed by atoms with E-state index < -0.39 is 16.0 Å². The van der Waals surface area contributed by atoms with Crippen LogP contribution in [0.3, 0.4) is 0 Å². The second-order valence-corrected chi connectivity index (χ2v) is 7.28. The normalized spacial score (nSPS) is 11.0. The molecule has 138 valence electrons. The second-order valence-electron chi connectivity index (χ2n) is 5.72. The Morgan fingerprint density at radius 2 is 1.77 bits per heavy atom. The number of benzene rings is 2. The lowest BCUT2D eigenvalue weighted by molar-refractivity contribution is 0.0600. The highest BCUT2D eigenvalue weighted by molar-refractivity contribution is 7.89. The maximum atomic E-state index is 12.3. The third kappa shape index (κ3) is 4.90. The van der Waals surface area contributed by atoms with Crippen molar-refractivity contribution >= 4 is 21.9 Å². The summed E-state index contributed by atoms with van der Waals surface area (Å²) in [6.45, 7) is 2.07. The van der Waals surface area contributed by atoms with Gasteiger partial charge in [-0.15, -0.1) is 0 Å². The highest BCUT2D eigenvalue weighted by Gasteiger charge is 2.14. The van der Waals surface area contributed by atoms with Crippen LogP contribution in [0.1, 0.15) is 31.8 Å². The lowest BCUT2D eigenvalue weighted by Crippen LogP contribution is -2.27. The van der Waals surface area contributed by atoms with Gasteiger partial charge in [-0.2, -0.15) is 0 Å². The molecule has 0 aliphatic rings. The number of amides is 1. The zero-order valence-electron chi connectivity index (χ0n) is 14.5. The Balaban J connectivity index is 2.00. The molecule has 0 radical (unpaired) electrons. The van der Waals surface area contributed by atoms with Crippen molar-refractivity contribution in [1.29, 1.82) is 0 Å². The number of sulfonamides is 1. The zero-order chi connectivity index (χ0) is 19.3. The first-order chi connectivity index (χ1) is 12.2. The van der Waals surface area contributed by atoms with Crippen LogP contribution in [0.5, 0.6) is 0 Å². The van der Waals surface area contributed by atoms with E-state index in [0.717, 1.165) is 5.56 Å². The highest BCUT2D eigenvalue weighted by atomic mass is 32.2. The number of carbonyl (C=O) groups excluding carboxylic acids is 2. The molecule has 0 fully saturated rings. The fourth-order valence-electron chi connectivity index (χ4n) is 2.36. The maximum Gasteiger partial charge on any atom is 0.337 e. The van der Waals surface area contributed by atoms with Gasteiger partial charge in [0.05, 0.1) is 17.6 Å². The molecule has 7 nitrogen and oxygen atoms in total. The number of nitrogens with two attached hydrogens (primary N) is 1. The Bertz CT molecular complexity index is 921. The summed E-state index contributed by atoms with van der Waals surface area (Å²) in [6.07, 6.45) is 0.557. The molecule has 0 aromatic heterocycles. The van der Waals surface area contributed by atoms with Crippen molar-refractivity contribution in [2.24, 2.45) is 5.14 Å². The molecule has 0 saturated heterocycles. The number of carbonyl (C=O) groups is 2. The van der Waals surface area contributed by atoms with Gasteiger partial charge in [0.2, 0.25) is 10.0 Å². The van der Waals surface area contributed by atoms with Crippen molar-refractivity contribution in [3.63, 3.8) is 0 Å². The minimum Gasteiger partial charge on any atom is -0.465 e. The van der Waals surface area contributed by atoms with E-state index in [1.807, 2.05) is 0 Å². The molecule has 0 heterocycles. The standard InChI is InChI=1S/C18H20N2O5S/c1-12-3-8-15(26(19,23)24)11-16(12)17(21)20-10-9-13-4-6-14(7-5-13)18(22)25-2/h3-8,11H,9-10H2,1-2H3,(H,20,21)(H2,19,23,24). The first-order valence-corrected chi connectivity index (χ1v) is 9.36. The van der Waals surface area contributed by atoms with Gasteiger partial charge in [-0.05, 0) is 48.7 Å². The molecule has 2 rings (SSSR count). The molecule has 2 aromatic carbocycles. The van der Waals surface area contributed by atoms with Crippen LogP contribution in [0.2, 0.25) is 0 Å². The Morgan fingerprint density at radius 1 is 1.12 bits per heavy atom. The van der Waals surface area contributed by atoms with Crippen molar-refractivity contribution < 1.29 is 22.7 Å². The van der Waals surface area contributed by atoms with Gasteiger partial charge in [0.15, 0.2) is 0 Å². The van der Waals surface area contributed by atoms with E-state index in [-0.39, 0.29) is 16.4 Å². The molecular weight excluding hydrogens is 356 g/mol. The van der Waals surface area contributed by atoms with Crippen LogP contribution in [0.4, 0.5) is 0 Å². The van der Waals surface area contributed by atoms with E-state index in [0.29, 0.717) is 24.1 Å². The lowest BCUT2D eigenvalue weighted by atomic mass is 10.1. The van der Waals surface area contributed by atoms with Gasteiger partial charge in [0.25, 0.3) is 5.91 Å². The largest absolute Gasteiger partial charge is 0.465 e. The minimum absolute atomic E-state index is 0.105. The molecular formula is C18H20N2O5S. The summed E-state index contributed by atoms with van der Waals surface area (Å²) in [5, 5.41) is 7.85. The monoisotopic (exact) mass is 376 g/mol. The first-order valence-electron chi connectivity index (χ1n) is 7.81. The van der Waals surface area contributed by atoms with Crippen molar-refractivity contribution in [3.8, 4) is 0 Å². The van der Waals surface area contributed by atoms with E-state index in [2.05, 4.69) is 10.1 Å². The van der Waals surface area contributed by atoms with Crippen LogP contribution in [0.15, 0.2) is 47.4 Å². The molecule has 0 saturated carbocycles. The third-order valence-electron chi connectivity index (χ3n) is 3.86. The molecule has 0 atom stereocenters. The highest BCUT2D eigenvalue weighted by Crippen LogP contribution is 2.14. The van der Waals surface area contributed by atoms with Crippen molar-refractivity contribution in [3.05, 3.63) is 64.7 Å². The number of aryl methyl sites for hydroxylation is 1. The number of rotatable bonds is 6. The van der Waals surface area contributed by atoms with Gasteiger partial charge >= 0.3 is 5.97 Å². The summed E-state index contributed by atoms with van der Waals surface area (Å²) in [6, 6.07) is 11.1. The fourth-order valence-corrected chi connectivity index (χ4v) is 2.90. The minimum atomic E-state index is -3.87. The maximum absolute atomic E-state index is 12.3. The summed E-state index contributed by atoms with van der Waals surface area (Å²) in [4.78, 5) is 23.6. The number of methoxy groups -OCH3 is 1. The molecule has 0 bridgehead atoms. The molecule has 0 unspecified atom stereocenters. The molecule has 1 amide bonds. The van der Waals surface area contributed by atoms with Crippen LogP contribution in [-0.2, 0) is 21.2 Å². The number of hydrogen-bond donors (Lipinski definition) is 2. The van der Waals surface area contributed by atoms with Gasteiger partial charge in [0, 0.05) is 12.1 Å². The smallest absolute Gasteiger partial charge is 0.337 e. The molecule has 26 heavy (non-hydrogen) atoms. The van der Waals surface area contributed by atoms with Crippen LogP contribution in [-0.4, -0.2) is 33.9 Å². The number of esters is 1. The van der Waals surface area contributed by atoms with Crippen LogP contribution in [0.25, 0.3) is 0 Å². The van der Waals surface area contributed by atoms with Crippen LogP contribution < -0.4 is 10.5 Å². The van der Waals surface area contributed by atoms with Crippen molar-refractivity contribution in [2.45, 2.75) is 18.2 Å². The summed E-state index contributed by atoms with van der Waals surface area (Å²) in [5.41, 5.74) is 2.30. The van der Waals surface area contributed by atoms with Crippen molar-refractivity contribution in [2.75, 3.05) is 13.7 Å². The van der Waals surface area contributed by atoms with Gasteiger partial charge in [-0.3, -0.25) is 4.79 Å². The second kappa shape index (κ2) is 8.11. The Kier molecular flexibility index (Phi) is 6.12. The lowest BCUT2D eigenvalue weighted by Gasteiger charge is -2.09. The Morgan fingerprint density at radius 3 is 2.35 bits per heavy atom. The molecule has 8 heteroatoms. The number of hydrogen-bond acceptors (Lipinski definition) is 5. The molecule has 0 spiro atoms. The number of primary sulfonamides is 1. The van der Waals surface area contributed by atoms with E-state index in [1.165, 1.54) is 19.2 Å². The molecule has 0 aliphatic heterocycles. The third-order valence-corrected chi connectivity index (χ3v) is 4.77. The zero-order valence-corrected chi connectivity index (χ0v) is 15.3. The van der Waals surface area contributed by atoms with Gasteiger partial charge < -0.3 is 10.1 Å². The van der Waals surface area contributed by atoms with Crippen LogP contribution >= 0.6 is 0 Å². The molecule has 0 aliphatic carbocycles. The van der Waals surface area contributed by atoms with E-state index in [4.69, 9.17) is 5.14 Å². The Hall–Kier alpha value is -2.71. The van der Waals surface area contributed by atoms with E-state index >= 15 is 0 Å². The predicted octanol–water partition coefficient (Wildman–Crippen LogP) is 1.40. The van der Waals surface area contributed by atoms with Crippen LogP contribution in [0, 0.1) is 6.92 Å². The SMILES string of the molecule is COC(=O)c1ccc(CCNC(=O)c2cc(S(N)(=O)=O)ccc2C)cc1. The number of ether oxygens (including phenoxy) is 1.